The molecule has 0 radical (unpaired) electrons. The number of hydrogen-bond donors (Lipinski definition) is 1. The topological polar surface area (TPSA) is 92.8 Å². The summed E-state index contributed by atoms with van der Waals surface area (Å²) in [5.41, 5.74) is -0.688. The second kappa shape index (κ2) is 6.90. The summed E-state index contributed by atoms with van der Waals surface area (Å²) in [5.74, 6) is 0. The van der Waals surface area contributed by atoms with Crippen LogP contribution in [0.5, 0.6) is 0 Å². The van der Waals surface area contributed by atoms with Crippen molar-refractivity contribution >= 4 is 22.4 Å². The number of sulfonamides is 1. The van der Waals surface area contributed by atoms with Crippen LogP contribution in [-0.4, -0.2) is 49.9 Å². The first-order valence-electron chi connectivity index (χ1n) is 7.65. The van der Waals surface area contributed by atoms with Crippen LogP contribution in [0.15, 0.2) is 35.2 Å². The van der Waals surface area contributed by atoms with Gasteiger partial charge in [0, 0.05) is 12.6 Å². The Bertz CT molecular complexity index is 697. The monoisotopic (exact) mass is 354 g/mol. The molecule has 7 nitrogen and oxygen atoms in total. The molecule has 1 heterocycles. The quantitative estimate of drug-likeness (QED) is 0.828. The number of hydrogen-bond acceptors (Lipinski definition) is 5. The molecule has 0 aromatic heterocycles. The second-order valence-electron chi connectivity index (χ2n) is 6.70. The fourth-order valence-corrected chi connectivity index (χ4v) is 3.76. The molecule has 1 fully saturated rings. The summed E-state index contributed by atoms with van der Waals surface area (Å²) in [6.45, 7) is 5.27. The molecule has 1 N–H and O–H groups in total. The Hall–Kier alpha value is -1.93. The van der Waals surface area contributed by atoms with Crippen molar-refractivity contribution in [1.29, 1.82) is 0 Å². The van der Waals surface area contributed by atoms with Gasteiger partial charge < -0.3 is 9.53 Å². The van der Waals surface area contributed by atoms with E-state index >= 15 is 0 Å². The Morgan fingerprint density at radius 1 is 1.29 bits per heavy atom. The highest BCUT2D eigenvalue weighted by molar-refractivity contribution is 7.89. The van der Waals surface area contributed by atoms with E-state index in [-0.39, 0.29) is 17.9 Å². The molecule has 24 heavy (non-hydrogen) atoms. The Balaban J connectivity index is 2.09. The number of nitrogens with zero attached hydrogens (tertiary/aromatic N) is 1. The number of nitrogens with one attached hydrogen (secondary N) is 1. The van der Waals surface area contributed by atoms with Crippen molar-refractivity contribution in [2.75, 3.05) is 6.54 Å². The minimum atomic E-state index is -3.70. The van der Waals surface area contributed by atoms with E-state index in [2.05, 4.69) is 4.72 Å². The van der Waals surface area contributed by atoms with Gasteiger partial charge in [0.05, 0.1) is 10.9 Å². The molecule has 0 unspecified atom stereocenters. The number of ether oxygens (including phenoxy) is 1. The average molecular weight is 354 g/mol. The third-order valence-electron chi connectivity index (χ3n) is 3.50. The van der Waals surface area contributed by atoms with Gasteiger partial charge in [0.25, 0.3) is 0 Å². The molecule has 0 bridgehead atoms. The summed E-state index contributed by atoms with van der Waals surface area (Å²) in [4.78, 5) is 24.8. The molecule has 1 amide bonds. The van der Waals surface area contributed by atoms with E-state index in [0.717, 1.165) is 0 Å². The van der Waals surface area contributed by atoms with E-state index in [9.17, 15) is 18.0 Å². The van der Waals surface area contributed by atoms with Crippen LogP contribution in [0.3, 0.4) is 0 Å². The Morgan fingerprint density at radius 2 is 1.92 bits per heavy atom. The molecular weight excluding hydrogens is 332 g/mol. The zero-order valence-electron chi connectivity index (χ0n) is 13.9. The fourth-order valence-electron chi connectivity index (χ4n) is 2.50. The van der Waals surface area contributed by atoms with Gasteiger partial charge in [0.2, 0.25) is 10.0 Å². The van der Waals surface area contributed by atoms with E-state index in [1.54, 1.807) is 39.0 Å². The normalized spacial score (nSPS) is 21.5. The largest absolute Gasteiger partial charge is 0.444 e. The van der Waals surface area contributed by atoms with E-state index in [0.29, 0.717) is 6.29 Å². The van der Waals surface area contributed by atoms with Gasteiger partial charge in [-0.05, 0) is 39.3 Å². The lowest BCUT2D eigenvalue weighted by Gasteiger charge is -2.26. The Kier molecular flexibility index (Phi) is 5.29. The van der Waals surface area contributed by atoms with Crippen LogP contribution < -0.4 is 4.72 Å². The molecule has 1 aliphatic rings. The average Bonchev–Trinajstić information content (AvgIpc) is 2.89. The van der Waals surface area contributed by atoms with Crippen LogP contribution >= 0.6 is 0 Å². The number of aldehydes is 1. The minimum Gasteiger partial charge on any atom is -0.444 e. The van der Waals surface area contributed by atoms with E-state index < -0.39 is 33.8 Å². The molecule has 2 rings (SSSR count). The number of amides is 1. The fraction of sp³-hybridized carbons (Fsp3) is 0.500. The van der Waals surface area contributed by atoms with Crippen LogP contribution in [0.1, 0.15) is 27.2 Å². The highest BCUT2D eigenvalue weighted by Crippen LogP contribution is 2.21. The highest BCUT2D eigenvalue weighted by atomic mass is 32.2. The van der Waals surface area contributed by atoms with Gasteiger partial charge in [-0.15, -0.1) is 0 Å². The first-order valence-corrected chi connectivity index (χ1v) is 9.13. The van der Waals surface area contributed by atoms with E-state index in [4.69, 9.17) is 4.74 Å². The smallest absolute Gasteiger partial charge is 0.410 e. The lowest BCUT2D eigenvalue weighted by molar-refractivity contribution is -0.111. The summed E-state index contributed by atoms with van der Waals surface area (Å²) in [6, 6.07) is 6.71. The summed E-state index contributed by atoms with van der Waals surface area (Å²) in [5, 5.41) is 0. The first-order chi connectivity index (χ1) is 11.1. The van der Waals surface area contributed by atoms with Crippen LogP contribution in [-0.2, 0) is 19.6 Å². The van der Waals surface area contributed by atoms with Gasteiger partial charge in [-0.3, -0.25) is 4.90 Å². The Morgan fingerprint density at radius 3 is 2.46 bits per heavy atom. The number of carbonyl (C=O) groups is 2. The van der Waals surface area contributed by atoms with Crippen molar-refractivity contribution in [2.24, 2.45) is 0 Å². The maximum Gasteiger partial charge on any atom is 0.410 e. The number of benzene rings is 1. The predicted molar refractivity (Wildman–Crippen MR) is 88.0 cm³/mol. The molecule has 132 valence electrons. The zero-order valence-corrected chi connectivity index (χ0v) is 14.7. The van der Waals surface area contributed by atoms with Crippen molar-refractivity contribution in [3.05, 3.63) is 30.3 Å². The number of carbonyl (C=O) groups excluding carboxylic acids is 2. The molecule has 0 aliphatic carbocycles. The van der Waals surface area contributed by atoms with Crippen molar-refractivity contribution < 1.29 is 22.7 Å². The van der Waals surface area contributed by atoms with Crippen molar-refractivity contribution in [3.63, 3.8) is 0 Å². The molecule has 0 saturated carbocycles. The maximum absolute atomic E-state index is 12.4. The Labute approximate surface area is 142 Å². The lowest BCUT2D eigenvalue weighted by Crippen LogP contribution is -2.42. The van der Waals surface area contributed by atoms with E-state index in [1.165, 1.54) is 17.0 Å². The molecule has 0 spiro atoms. The third kappa shape index (κ3) is 4.55. The lowest BCUT2D eigenvalue weighted by atomic mass is 10.2. The van der Waals surface area contributed by atoms with E-state index in [1.807, 2.05) is 0 Å². The first kappa shape index (κ1) is 18.4. The highest BCUT2D eigenvalue weighted by Gasteiger charge is 2.39. The van der Waals surface area contributed by atoms with Gasteiger partial charge >= 0.3 is 6.09 Å². The predicted octanol–water partition coefficient (Wildman–Crippen LogP) is 1.54. The molecule has 1 aromatic rings. The molecule has 1 aromatic carbocycles. The van der Waals surface area contributed by atoms with Crippen LogP contribution in [0, 0.1) is 0 Å². The summed E-state index contributed by atoms with van der Waals surface area (Å²) < 4.78 is 32.5. The molecule has 1 saturated heterocycles. The maximum atomic E-state index is 12.4. The van der Waals surface area contributed by atoms with Crippen LogP contribution in [0.25, 0.3) is 0 Å². The molecule has 8 heteroatoms. The standard InChI is InChI=1S/C16H22N2O5S/c1-16(2,3)23-15(20)18-10-12(9-13(18)11-19)17-24(21,22)14-7-5-4-6-8-14/h4-8,11-13,17H,9-10H2,1-3H3/t12-,13+/m1/s1. The third-order valence-corrected chi connectivity index (χ3v) is 5.04. The summed E-state index contributed by atoms with van der Waals surface area (Å²) in [6.07, 6.45) is 0.233. The van der Waals surface area contributed by atoms with Gasteiger partial charge in [0.15, 0.2) is 0 Å². The van der Waals surface area contributed by atoms with Crippen LogP contribution in [0.2, 0.25) is 0 Å². The van der Waals surface area contributed by atoms with Crippen molar-refractivity contribution in [2.45, 2.75) is 49.8 Å². The van der Waals surface area contributed by atoms with Gasteiger partial charge in [-0.1, -0.05) is 18.2 Å². The van der Waals surface area contributed by atoms with Crippen molar-refractivity contribution in [1.82, 2.24) is 9.62 Å². The molecule has 1 aliphatic heterocycles. The number of rotatable bonds is 4. The molecular formula is C16H22N2O5S. The SMILES string of the molecule is CC(C)(C)OC(=O)N1C[C@H](NS(=O)(=O)c2ccccc2)C[C@H]1C=O. The number of likely N-dealkylation sites (tertiary alicyclic amines) is 1. The minimum absolute atomic E-state index is 0.0877. The second-order valence-corrected chi connectivity index (χ2v) is 8.42. The summed E-state index contributed by atoms with van der Waals surface area (Å²) in [7, 11) is -3.70. The van der Waals surface area contributed by atoms with Crippen LogP contribution in [0.4, 0.5) is 4.79 Å². The summed E-state index contributed by atoms with van der Waals surface area (Å²) >= 11 is 0. The van der Waals surface area contributed by atoms with Gasteiger partial charge in [0.1, 0.15) is 11.9 Å². The molecule has 2 atom stereocenters. The van der Waals surface area contributed by atoms with Gasteiger partial charge in [-0.25, -0.2) is 17.9 Å². The van der Waals surface area contributed by atoms with Crippen molar-refractivity contribution in [3.8, 4) is 0 Å². The zero-order chi connectivity index (χ0) is 18.0. The van der Waals surface area contributed by atoms with Gasteiger partial charge in [-0.2, -0.15) is 0 Å².